The van der Waals surface area contributed by atoms with E-state index in [0.717, 1.165) is 35.2 Å². The van der Waals surface area contributed by atoms with Crippen molar-refractivity contribution in [2.24, 2.45) is 0 Å². The van der Waals surface area contributed by atoms with E-state index in [9.17, 15) is 9.90 Å². The predicted octanol–water partition coefficient (Wildman–Crippen LogP) is 3.40. The smallest absolute Gasteiger partial charge is 0.308 e. The first-order chi connectivity index (χ1) is 12.4. The van der Waals surface area contributed by atoms with Gasteiger partial charge in [-0.15, -0.1) is 0 Å². The Bertz CT molecular complexity index is 704. The number of aliphatic hydroxyl groups is 1. The number of aromatic nitrogens is 1. The van der Waals surface area contributed by atoms with Crippen LogP contribution in [-0.4, -0.2) is 33.6 Å². The average molecular weight is 356 g/mol. The summed E-state index contributed by atoms with van der Waals surface area (Å²) in [4.78, 5) is 17.7. The number of aryl methyl sites for hydroxylation is 2. The Morgan fingerprint density at radius 3 is 2.38 bits per heavy atom. The number of carbonyl (C=O) groups excluding carboxylic acids is 1. The number of benzene rings is 1. The fourth-order valence-electron chi connectivity index (χ4n) is 3.21. The van der Waals surface area contributed by atoms with Gasteiger partial charge in [0.05, 0.1) is 6.61 Å². The van der Waals surface area contributed by atoms with Gasteiger partial charge in [-0.1, -0.05) is 25.1 Å². The van der Waals surface area contributed by atoms with E-state index in [1.54, 1.807) is 6.20 Å². The summed E-state index contributed by atoms with van der Waals surface area (Å²) in [7, 11) is 0. The molecule has 1 aromatic heterocycles. The number of nitrogens with zero attached hydrogens (tertiary/aromatic N) is 2. The van der Waals surface area contributed by atoms with Crippen molar-refractivity contribution in [3.8, 4) is 5.75 Å². The Labute approximate surface area is 155 Å². The van der Waals surface area contributed by atoms with E-state index < -0.39 is 0 Å². The molecule has 0 bridgehead atoms. The maximum Gasteiger partial charge on any atom is 0.308 e. The lowest BCUT2D eigenvalue weighted by Gasteiger charge is -2.30. The van der Waals surface area contributed by atoms with Gasteiger partial charge in [0.25, 0.3) is 0 Å². The van der Waals surface area contributed by atoms with Gasteiger partial charge in [0.2, 0.25) is 0 Å². The van der Waals surface area contributed by atoms with E-state index in [2.05, 4.69) is 16.8 Å². The first kappa shape index (κ1) is 20.1. The number of carbonyl (C=O) groups is 1. The van der Waals surface area contributed by atoms with Gasteiger partial charge in [-0.2, -0.15) is 0 Å². The highest BCUT2D eigenvalue weighted by molar-refractivity contribution is 5.70. The third-order valence-electron chi connectivity index (χ3n) is 4.46. The molecule has 0 aliphatic carbocycles. The minimum Gasteiger partial charge on any atom is -0.426 e. The molecule has 0 amide bonds. The van der Waals surface area contributed by atoms with Crippen LogP contribution in [0, 0.1) is 13.8 Å². The monoisotopic (exact) mass is 356 g/mol. The summed E-state index contributed by atoms with van der Waals surface area (Å²) in [6.07, 6.45) is 4.48. The summed E-state index contributed by atoms with van der Waals surface area (Å²) in [6.45, 7) is 8.92. The Balaban J connectivity index is 2.25. The summed E-state index contributed by atoms with van der Waals surface area (Å²) < 4.78 is 5.32. The molecule has 1 aromatic carbocycles. The Morgan fingerprint density at radius 1 is 1.23 bits per heavy atom. The van der Waals surface area contributed by atoms with E-state index in [4.69, 9.17) is 4.74 Å². The molecule has 0 spiro atoms. The SMILES string of the molecule is CCC(CO)N(Cc1cccnc1)Cc1cc(C)c(OC(C)=O)c(C)c1. The number of aliphatic hydroxyl groups excluding tert-OH is 1. The van der Waals surface area contributed by atoms with Gasteiger partial charge < -0.3 is 9.84 Å². The molecule has 0 fully saturated rings. The second-order valence-corrected chi connectivity index (χ2v) is 6.66. The molecular weight excluding hydrogens is 328 g/mol. The van der Waals surface area contributed by atoms with E-state index in [0.29, 0.717) is 12.3 Å². The van der Waals surface area contributed by atoms with Gasteiger partial charge in [0, 0.05) is 38.4 Å². The van der Waals surface area contributed by atoms with Crippen molar-refractivity contribution in [3.63, 3.8) is 0 Å². The van der Waals surface area contributed by atoms with Crippen LogP contribution < -0.4 is 4.74 Å². The molecule has 1 heterocycles. The fraction of sp³-hybridized carbons (Fsp3) is 0.429. The zero-order valence-corrected chi connectivity index (χ0v) is 16.0. The highest BCUT2D eigenvalue weighted by Gasteiger charge is 2.18. The number of pyridine rings is 1. The van der Waals surface area contributed by atoms with Crippen LogP contribution in [0.1, 0.15) is 42.5 Å². The molecule has 1 unspecified atom stereocenters. The Hall–Kier alpha value is -2.24. The van der Waals surface area contributed by atoms with Crippen LogP contribution >= 0.6 is 0 Å². The van der Waals surface area contributed by atoms with Crippen LogP contribution in [0.5, 0.6) is 5.75 Å². The van der Waals surface area contributed by atoms with Crippen LogP contribution in [0.4, 0.5) is 0 Å². The van der Waals surface area contributed by atoms with E-state index in [1.807, 2.05) is 44.3 Å². The minimum atomic E-state index is -0.312. The van der Waals surface area contributed by atoms with Crippen LogP contribution in [0.15, 0.2) is 36.7 Å². The number of rotatable bonds is 8. The molecule has 5 heteroatoms. The molecular formula is C21H28N2O3. The first-order valence-electron chi connectivity index (χ1n) is 8.97. The molecule has 0 saturated heterocycles. The minimum absolute atomic E-state index is 0.0731. The Kier molecular flexibility index (Phi) is 7.30. The summed E-state index contributed by atoms with van der Waals surface area (Å²) in [6, 6.07) is 8.14. The highest BCUT2D eigenvalue weighted by atomic mass is 16.5. The zero-order valence-electron chi connectivity index (χ0n) is 16.0. The van der Waals surface area contributed by atoms with Crippen molar-refractivity contribution < 1.29 is 14.6 Å². The van der Waals surface area contributed by atoms with Gasteiger partial charge in [-0.25, -0.2) is 0 Å². The summed E-state index contributed by atoms with van der Waals surface area (Å²) in [5.74, 6) is 0.322. The van der Waals surface area contributed by atoms with Gasteiger partial charge in [0.1, 0.15) is 5.75 Å². The van der Waals surface area contributed by atoms with E-state index >= 15 is 0 Å². The number of esters is 1. The van der Waals surface area contributed by atoms with Crippen LogP contribution in [0.2, 0.25) is 0 Å². The summed E-state index contributed by atoms with van der Waals surface area (Å²) in [5, 5.41) is 9.79. The van der Waals surface area contributed by atoms with Crippen molar-refractivity contribution in [3.05, 3.63) is 58.9 Å². The predicted molar refractivity (Wildman–Crippen MR) is 102 cm³/mol. The number of hydrogen-bond donors (Lipinski definition) is 1. The molecule has 5 nitrogen and oxygen atoms in total. The maximum atomic E-state index is 11.3. The Morgan fingerprint density at radius 2 is 1.88 bits per heavy atom. The highest BCUT2D eigenvalue weighted by Crippen LogP contribution is 2.26. The fourth-order valence-corrected chi connectivity index (χ4v) is 3.21. The van der Waals surface area contributed by atoms with E-state index in [1.165, 1.54) is 6.92 Å². The third kappa shape index (κ3) is 5.38. The molecule has 1 N–H and O–H groups in total. The topological polar surface area (TPSA) is 62.7 Å². The summed E-state index contributed by atoms with van der Waals surface area (Å²) in [5.41, 5.74) is 4.12. The van der Waals surface area contributed by atoms with Gasteiger partial charge in [-0.05, 0) is 48.6 Å². The molecule has 0 radical (unpaired) electrons. The van der Waals surface area contributed by atoms with Crippen molar-refractivity contribution in [1.29, 1.82) is 0 Å². The average Bonchev–Trinajstić information content (AvgIpc) is 2.60. The summed E-state index contributed by atoms with van der Waals surface area (Å²) >= 11 is 0. The number of hydrogen-bond acceptors (Lipinski definition) is 5. The normalized spacial score (nSPS) is 12.2. The van der Waals surface area contributed by atoms with Gasteiger partial charge in [0.15, 0.2) is 0 Å². The molecule has 0 aliphatic heterocycles. The van der Waals surface area contributed by atoms with Crippen LogP contribution in [-0.2, 0) is 17.9 Å². The molecule has 0 aliphatic rings. The van der Waals surface area contributed by atoms with Crippen molar-refractivity contribution in [2.75, 3.05) is 6.61 Å². The lowest BCUT2D eigenvalue weighted by Crippen LogP contribution is -2.36. The maximum absolute atomic E-state index is 11.3. The molecule has 0 saturated carbocycles. The first-order valence-corrected chi connectivity index (χ1v) is 8.97. The second-order valence-electron chi connectivity index (χ2n) is 6.66. The van der Waals surface area contributed by atoms with Gasteiger partial charge in [-0.3, -0.25) is 14.7 Å². The molecule has 2 rings (SSSR count). The standard InChI is InChI=1S/C21H28N2O3/c1-5-20(14-24)23(12-18-7-6-8-22-11-18)13-19-9-15(2)21(16(3)10-19)26-17(4)25/h6-11,20,24H,5,12-14H2,1-4H3. The largest absolute Gasteiger partial charge is 0.426 e. The van der Waals surface area contributed by atoms with Crippen LogP contribution in [0.3, 0.4) is 0 Å². The quantitative estimate of drug-likeness (QED) is 0.580. The molecule has 140 valence electrons. The lowest BCUT2D eigenvalue weighted by molar-refractivity contribution is -0.131. The second kappa shape index (κ2) is 9.46. The van der Waals surface area contributed by atoms with E-state index in [-0.39, 0.29) is 18.6 Å². The van der Waals surface area contributed by atoms with Crippen molar-refractivity contribution in [2.45, 2.75) is 53.2 Å². The number of ether oxygens (including phenoxy) is 1. The molecule has 2 aromatic rings. The van der Waals surface area contributed by atoms with Gasteiger partial charge >= 0.3 is 5.97 Å². The lowest BCUT2D eigenvalue weighted by atomic mass is 10.0. The van der Waals surface area contributed by atoms with Crippen molar-refractivity contribution in [1.82, 2.24) is 9.88 Å². The van der Waals surface area contributed by atoms with Crippen LogP contribution in [0.25, 0.3) is 0 Å². The molecule has 26 heavy (non-hydrogen) atoms. The third-order valence-corrected chi connectivity index (χ3v) is 4.46. The molecule has 1 atom stereocenters. The zero-order chi connectivity index (χ0) is 19.1. The van der Waals surface area contributed by atoms with Crippen molar-refractivity contribution >= 4 is 5.97 Å².